The smallest absolute Gasteiger partial charge is 0.253 e. The van der Waals surface area contributed by atoms with E-state index in [0.717, 1.165) is 31.5 Å². The Bertz CT molecular complexity index is 719. The van der Waals surface area contributed by atoms with Crippen molar-refractivity contribution in [1.29, 1.82) is 0 Å². The molecular formula is C21H24N2O2. The van der Waals surface area contributed by atoms with Gasteiger partial charge in [0.25, 0.3) is 11.8 Å². The van der Waals surface area contributed by atoms with Crippen LogP contribution in [-0.4, -0.2) is 41.8 Å². The topological polar surface area (TPSA) is 40.6 Å². The summed E-state index contributed by atoms with van der Waals surface area (Å²) in [7, 11) is 1.79. The summed E-state index contributed by atoms with van der Waals surface area (Å²) in [5.74, 6) is 0.0252. The average Bonchev–Trinajstić information content (AvgIpc) is 2.68. The summed E-state index contributed by atoms with van der Waals surface area (Å²) in [4.78, 5) is 28.6. The maximum absolute atomic E-state index is 12.6. The molecule has 0 atom stereocenters. The predicted octanol–water partition coefficient (Wildman–Crippen LogP) is 3.58. The van der Waals surface area contributed by atoms with Gasteiger partial charge in [0.05, 0.1) is 0 Å². The van der Waals surface area contributed by atoms with Gasteiger partial charge in [-0.05, 0) is 49.1 Å². The lowest BCUT2D eigenvalue weighted by atomic mass is 10.1. The van der Waals surface area contributed by atoms with E-state index in [-0.39, 0.29) is 11.8 Å². The number of hydrogen-bond acceptors (Lipinski definition) is 2. The van der Waals surface area contributed by atoms with Crippen molar-refractivity contribution in [3.63, 3.8) is 0 Å². The number of nitrogens with zero attached hydrogens (tertiary/aromatic N) is 2. The monoisotopic (exact) mass is 336 g/mol. The maximum Gasteiger partial charge on any atom is 0.253 e. The predicted molar refractivity (Wildman–Crippen MR) is 98.4 cm³/mol. The minimum Gasteiger partial charge on any atom is -0.339 e. The van der Waals surface area contributed by atoms with E-state index in [9.17, 15) is 9.59 Å². The Labute approximate surface area is 149 Å². The van der Waals surface area contributed by atoms with E-state index in [1.54, 1.807) is 36.2 Å². The zero-order chi connectivity index (χ0) is 17.6. The zero-order valence-electron chi connectivity index (χ0n) is 14.6. The van der Waals surface area contributed by atoms with E-state index in [0.29, 0.717) is 17.7 Å². The Morgan fingerprint density at radius 3 is 2.12 bits per heavy atom. The number of hydrogen-bond donors (Lipinski definition) is 0. The summed E-state index contributed by atoms with van der Waals surface area (Å²) in [6, 6.07) is 16.9. The molecule has 4 heteroatoms. The number of benzene rings is 2. The molecule has 0 bridgehead atoms. The van der Waals surface area contributed by atoms with Crippen LogP contribution in [-0.2, 0) is 6.54 Å². The van der Waals surface area contributed by atoms with Crippen molar-refractivity contribution in [2.45, 2.75) is 25.8 Å². The highest BCUT2D eigenvalue weighted by molar-refractivity contribution is 5.97. The van der Waals surface area contributed by atoms with Crippen LogP contribution in [0.25, 0.3) is 0 Å². The Morgan fingerprint density at radius 1 is 0.880 bits per heavy atom. The van der Waals surface area contributed by atoms with Crippen molar-refractivity contribution in [3.05, 3.63) is 71.3 Å². The van der Waals surface area contributed by atoms with Gasteiger partial charge in [-0.1, -0.05) is 30.3 Å². The van der Waals surface area contributed by atoms with E-state index < -0.39 is 0 Å². The molecule has 0 radical (unpaired) electrons. The molecule has 1 aliphatic heterocycles. The summed E-state index contributed by atoms with van der Waals surface area (Å²) >= 11 is 0. The molecule has 1 fully saturated rings. The summed E-state index contributed by atoms with van der Waals surface area (Å²) in [6.45, 7) is 2.23. The van der Waals surface area contributed by atoms with E-state index in [1.165, 1.54) is 6.42 Å². The van der Waals surface area contributed by atoms with Gasteiger partial charge in [0.15, 0.2) is 0 Å². The third-order valence-electron chi connectivity index (χ3n) is 4.63. The van der Waals surface area contributed by atoms with Crippen LogP contribution >= 0.6 is 0 Å². The lowest BCUT2D eigenvalue weighted by Crippen LogP contribution is -2.35. The van der Waals surface area contributed by atoms with Crippen molar-refractivity contribution in [1.82, 2.24) is 9.80 Å². The first kappa shape index (κ1) is 17.2. The standard InChI is InChI=1S/C21H24N2O2/c1-22(16-17-8-4-2-5-9-17)20(24)18-10-12-19(13-11-18)21(25)23-14-6-3-7-15-23/h2,4-5,8-13H,3,6-7,14-16H2,1H3. The molecule has 0 spiro atoms. The molecular weight excluding hydrogens is 312 g/mol. The van der Waals surface area contributed by atoms with Gasteiger partial charge in [-0.3, -0.25) is 9.59 Å². The molecule has 1 heterocycles. The van der Waals surface area contributed by atoms with Crippen molar-refractivity contribution in [2.75, 3.05) is 20.1 Å². The average molecular weight is 336 g/mol. The van der Waals surface area contributed by atoms with Crippen LogP contribution in [0.15, 0.2) is 54.6 Å². The molecule has 0 N–H and O–H groups in total. The van der Waals surface area contributed by atoms with Crippen LogP contribution in [0.1, 0.15) is 45.5 Å². The molecule has 0 unspecified atom stereocenters. The van der Waals surface area contributed by atoms with Crippen LogP contribution in [0.4, 0.5) is 0 Å². The normalized spacial score (nSPS) is 14.2. The number of amides is 2. The highest BCUT2D eigenvalue weighted by Gasteiger charge is 2.19. The second-order valence-electron chi connectivity index (χ2n) is 6.58. The summed E-state index contributed by atoms with van der Waals surface area (Å²) in [5, 5.41) is 0. The fraction of sp³-hybridized carbons (Fsp3) is 0.333. The van der Waals surface area contributed by atoms with Gasteiger partial charge in [-0.15, -0.1) is 0 Å². The Hall–Kier alpha value is -2.62. The Balaban J connectivity index is 1.64. The van der Waals surface area contributed by atoms with Crippen molar-refractivity contribution < 1.29 is 9.59 Å². The molecule has 3 rings (SSSR count). The Kier molecular flexibility index (Phi) is 5.49. The van der Waals surface area contributed by atoms with Gasteiger partial charge in [-0.25, -0.2) is 0 Å². The Morgan fingerprint density at radius 2 is 1.48 bits per heavy atom. The molecule has 2 aromatic rings. The van der Waals surface area contributed by atoms with Crippen LogP contribution in [0, 0.1) is 0 Å². The number of piperidine rings is 1. The summed E-state index contributed by atoms with van der Waals surface area (Å²) in [5.41, 5.74) is 2.35. The highest BCUT2D eigenvalue weighted by Crippen LogP contribution is 2.15. The van der Waals surface area contributed by atoms with Crippen molar-refractivity contribution in [3.8, 4) is 0 Å². The van der Waals surface area contributed by atoms with Crippen LogP contribution in [0.3, 0.4) is 0 Å². The quantitative estimate of drug-likeness (QED) is 0.856. The van der Waals surface area contributed by atoms with Crippen molar-refractivity contribution in [2.24, 2.45) is 0 Å². The van der Waals surface area contributed by atoms with E-state index >= 15 is 0 Å². The number of carbonyl (C=O) groups excluding carboxylic acids is 2. The second-order valence-corrected chi connectivity index (χ2v) is 6.58. The molecule has 2 amide bonds. The largest absolute Gasteiger partial charge is 0.339 e. The number of likely N-dealkylation sites (tertiary alicyclic amines) is 1. The lowest BCUT2D eigenvalue weighted by Gasteiger charge is -2.26. The third-order valence-corrected chi connectivity index (χ3v) is 4.63. The van der Waals surface area contributed by atoms with Gasteiger partial charge in [-0.2, -0.15) is 0 Å². The molecule has 0 aliphatic carbocycles. The molecule has 25 heavy (non-hydrogen) atoms. The van der Waals surface area contributed by atoms with E-state index in [1.807, 2.05) is 35.2 Å². The van der Waals surface area contributed by atoms with Gasteiger partial charge < -0.3 is 9.80 Å². The SMILES string of the molecule is CN(Cc1ccccc1)C(=O)c1ccc(C(=O)N2CCCCC2)cc1. The molecule has 2 aromatic carbocycles. The van der Waals surface area contributed by atoms with Gasteiger partial charge >= 0.3 is 0 Å². The molecule has 4 nitrogen and oxygen atoms in total. The minimum atomic E-state index is -0.0409. The van der Waals surface area contributed by atoms with Gasteiger partial charge in [0, 0.05) is 37.8 Å². The fourth-order valence-corrected chi connectivity index (χ4v) is 3.18. The highest BCUT2D eigenvalue weighted by atomic mass is 16.2. The number of carbonyl (C=O) groups is 2. The third kappa shape index (κ3) is 4.27. The van der Waals surface area contributed by atoms with E-state index in [4.69, 9.17) is 0 Å². The first-order valence-corrected chi connectivity index (χ1v) is 8.84. The minimum absolute atomic E-state index is 0.0409. The van der Waals surface area contributed by atoms with Gasteiger partial charge in [0.1, 0.15) is 0 Å². The first-order valence-electron chi connectivity index (χ1n) is 8.84. The van der Waals surface area contributed by atoms with Crippen LogP contribution in [0.5, 0.6) is 0 Å². The molecule has 0 aromatic heterocycles. The van der Waals surface area contributed by atoms with Crippen molar-refractivity contribution >= 4 is 11.8 Å². The molecule has 1 aliphatic rings. The van der Waals surface area contributed by atoms with Crippen LogP contribution < -0.4 is 0 Å². The lowest BCUT2D eigenvalue weighted by molar-refractivity contribution is 0.0722. The fourth-order valence-electron chi connectivity index (χ4n) is 3.18. The van der Waals surface area contributed by atoms with E-state index in [2.05, 4.69) is 0 Å². The number of rotatable bonds is 4. The zero-order valence-corrected chi connectivity index (χ0v) is 14.6. The molecule has 1 saturated heterocycles. The maximum atomic E-state index is 12.6. The molecule has 130 valence electrons. The summed E-state index contributed by atoms with van der Waals surface area (Å²) in [6.07, 6.45) is 3.35. The van der Waals surface area contributed by atoms with Gasteiger partial charge in [0.2, 0.25) is 0 Å². The second kappa shape index (κ2) is 7.97. The first-order chi connectivity index (χ1) is 12.1. The van der Waals surface area contributed by atoms with Crippen LogP contribution in [0.2, 0.25) is 0 Å². The molecule has 0 saturated carbocycles. The summed E-state index contributed by atoms with van der Waals surface area (Å²) < 4.78 is 0.